The van der Waals surface area contributed by atoms with E-state index >= 15 is 0 Å². The molecule has 2 rings (SSSR count). The van der Waals surface area contributed by atoms with Crippen molar-refractivity contribution in [3.8, 4) is 5.75 Å². The zero-order valence-electron chi connectivity index (χ0n) is 12.4. The molecule has 0 bridgehead atoms. The van der Waals surface area contributed by atoms with Crippen molar-refractivity contribution < 1.29 is 13.9 Å². The molecule has 0 radical (unpaired) electrons. The number of amides is 1. The second kappa shape index (κ2) is 6.39. The summed E-state index contributed by atoms with van der Waals surface area (Å²) >= 11 is 0. The third-order valence-corrected chi connectivity index (χ3v) is 3.11. The van der Waals surface area contributed by atoms with Gasteiger partial charge in [0.15, 0.2) is 0 Å². The topological polar surface area (TPSA) is 38.3 Å². The number of hydrogen-bond donors (Lipinski definition) is 1. The molecule has 1 amide bonds. The molecule has 0 aliphatic rings. The van der Waals surface area contributed by atoms with Crippen molar-refractivity contribution in [3.63, 3.8) is 0 Å². The summed E-state index contributed by atoms with van der Waals surface area (Å²) in [6.45, 7) is 5.99. The SMILES string of the molecule is CCOc1cc(C)ccc1NC(=O)c1ccc(F)c(C)c1. The Hall–Kier alpha value is -2.36. The van der Waals surface area contributed by atoms with Crippen molar-refractivity contribution in [2.45, 2.75) is 20.8 Å². The molecule has 0 spiro atoms. The quantitative estimate of drug-likeness (QED) is 0.919. The van der Waals surface area contributed by atoms with Crippen LogP contribution in [0, 0.1) is 19.7 Å². The van der Waals surface area contributed by atoms with Gasteiger partial charge in [0.25, 0.3) is 5.91 Å². The van der Waals surface area contributed by atoms with Gasteiger partial charge in [-0.2, -0.15) is 0 Å². The molecule has 0 unspecified atom stereocenters. The number of benzene rings is 2. The lowest BCUT2D eigenvalue weighted by Gasteiger charge is -2.12. The minimum Gasteiger partial charge on any atom is -0.492 e. The van der Waals surface area contributed by atoms with E-state index in [-0.39, 0.29) is 11.7 Å². The van der Waals surface area contributed by atoms with Gasteiger partial charge in [-0.1, -0.05) is 6.07 Å². The first kappa shape index (κ1) is 15.0. The Morgan fingerprint density at radius 2 is 1.95 bits per heavy atom. The number of ether oxygens (including phenoxy) is 1. The Kier molecular flexibility index (Phi) is 4.58. The second-order valence-electron chi connectivity index (χ2n) is 4.85. The smallest absolute Gasteiger partial charge is 0.255 e. The zero-order valence-corrected chi connectivity index (χ0v) is 12.4. The number of carbonyl (C=O) groups excluding carboxylic acids is 1. The predicted octanol–water partition coefficient (Wildman–Crippen LogP) is 4.09. The van der Waals surface area contributed by atoms with Gasteiger partial charge in [-0.3, -0.25) is 4.79 Å². The van der Waals surface area contributed by atoms with E-state index in [2.05, 4.69) is 5.32 Å². The summed E-state index contributed by atoms with van der Waals surface area (Å²) in [5.74, 6) is 0.0180. The van der Waals surface area contributed by atoms with Gasteiger partial charge in [0.2, 0.25) is 0 Å². The molecule has 0 fully saturated rings. The van der Waals surface area contributed by atoms with Crippen LogP contribution in [0.1, 0.15) is 28.4 Å². The number of hydrogen-bond acceptors (Lipinski definition) is 2. The van der Waals surface area contributed by atoms with Crippen molar-refractivity contribution in [2.75, 3.05) is 11.9 Å². The lowest BCUT2D eigenvalue weighted by atomic mass is 10.1. The number of nitrogens with one attached hydrogen (secondary N) is 1. The standard InChI is InChI=1S/C17H18FNO2/c1-4-21-16-9-11(2)5-8-15(16)19-17(20)13-6-7-14(18)12(3)10-13/h5-10H,4H2,1-3H3,(H,19,20). The highest BCUT2D eigenvalue weighted by Gasteiger charge is 2.11. The van der Waals surface area contributed by atoms with Crippen LogP contribution in [0.3, 0.4) is 0 Å². The van der Waals surface area contributed by atoms with Gasteiger partial charge >= 0.3 is 0 Å². The molecule has 3 nitrogen and oxygen atoms in total. The molecule has 110 valence electrons. The Balaban J connectivity index is 2.24. The summed E-state index contributed by atoms with van der Waals surface area (Å²) < 4.78 is 18.8. The number of rotatable bonds is 4. The van der Waals surface area contributed by atoms with E-state index < -0.39 is 0 Å². The highest BCUT2D eigenvalue weighted by atomic mass is 19.1. The van der Waals surface area contributed by atoms with E-state index in [0.717, 1.165) is 5.56 Å². The van der Waals surface area contributed by atoms with Crippen LogP contribution in [0.4, 0.5) is 10.1 Å². The van der Waals surface area contributed by atoms with Crippen LogP contribution in [0.15, 0.2) is 36.4 Å². The Labute approximate surface area is 123 Å². The van der Waals surface area contributed by atoms with Crippen LogP contribution in [0.25, 0.3) is 0 Å². The number of anilines is 1. The average molecular weight is 287 g/mol. The fraction of sp³-hybridized carbons (Fsp3) is 0.235. The third kappa shape index (κ3) is 3.60. The fourth-order valence-electron chi connectivity index (χ4n) is 1.99. The second-order valence-corrected chi connectivity index (χ2v) is 4.85. The molecule has 2 aromatic carbocycles. The van der Waals surface area contributed by atoms with E-state index in [9.17, 15) is 9.18 Å². The van der Waals surface area contributed by atoms with Crippen molar-refractivity contribution in [1.82, 2.24) is 0 Å². The molecule has 0 saturated heterocycles. The molecule has 21 heavy (non-hydrogen) atoms. The molecule has 0 saturated carbocycles. The Bertz CT molecular complexity index is 668. The van der Waals surface area contributed by atoms with Gasteiger partial charge < -0.3 is 10.1 Å². The van der Waals surface area contributed by atoms with Gasteiger partial charge in [0.05, 0.1) is 12.3 Å². The van der Waals surface area contributed by atoms with Crippen molar-refractivity contribution in [2.24, 2.45) is 0 Å². The van der Waals surface area contributed by atoms with Crippen LogP contribution in [-0.2, 0) is 0 Å². The van der Waals surface area contributed by atoms with E-state index in [1.165, 1.54) is 18.2 Å². The highest BCUT2D eigenvalue weighted by Crippen LogP contribution is 2.26. The van der Waals surface area contributed by atoms with Crippen molar-refractivity contribution >= 4 is 11.6 Å². The van der Waals surface area contributed by atoms with E-state index in [0.29, 0.717) is 29.2 Å². The highest BCUT2D eigenvalue weighted by molar-refractivity contribution is 6.05. The third-order valence-electron chi connectivity index (χ3n) is 3.11. The maximum absolute atomic E-state index is 13.2. The van der Waals surface area contributed by atoms with E-state index in [4.69, 9.17) is 4.74 Å². The van der Waals surface area contributed by atoms with Crippen LogP contribution in [-0.4, -0.2) is 12.5 Å². The van der Waals surface area contributed by atoms with E-state index in [1.54, 1.807) is 13.0 Å². The first-order valence-corrected chi connectivity index (χ1v) is 6.82. The zero-order chi connectivity index (χ0) is 15.4. The molecule has 4 heteroatoms. The summed E-state index contributed by atoms with van der Waals surface area (Å²) in [4.78, 5) is 12.2. The Morgan fingerprint density at radius 3 is 2.62 bits per heavy atom. The first-order chi connectivity index (χ1) is 10.0. The number of carbonyl (C=O) groups is 1. The first-order valence-electron chi connectivity index (χ1n) is 6.82. The summed E-state index contributed by atoms with van der Waals surface area (Å²) in [6.07, 6.45) is 0. The van der Waals surface area contributed by atoms with Crippen LogP contribution >= 0.6 is 0 Å². The summed E-state index contributed by atoms with van der Waals surface area (Å²) in [5.41, 5.74) is 2.51. The minimum atomic E-state index is -0.322. The molecule has 0 aromatic heterocycles. The lowest BCUT2D eigenvalue weighted by molar-refractivity contribution is 0.102. The lowest BCUT2D eigenvalue weighted by Crippen LogP contribution is -2.13. The van der Waals surface area contributed by atoms with Gasteiger partial charge in [0.1, 0.15) is 11.6 Å². The van der Waals surface area contributed by atoms with Crippen LogP contribution in [0.2, 0.25) is 0 Å². The van der Waals surface area contributed by atoms with Gasteiger partial charge in [-0.25, -0.2) is 4.39 Å². The maximum atomic E-state index is 13.2. The predicted molar refractivity (Wildman–Crippen MR) is 81.4 cm³/mol. The molecule has 0 heterocycles. The van der Waals surface area contributed by atoms with Crippen molar-refractivity contribution in [3.05, 3.63) is 58.9 Å². The fourth-order valence-corrected chi connectivity index (χ4v) is 1.99. The van der Waals surface area contributed by atoms with E-state index in [1.807, 2.05) is 26.0 Å². The molecule has 1 N–H and O–H groups in total. The number of halogens is 1. The van der Waals surface area contributed by atoms with Gasteiger partial charge in [-0.05, 0) is 62.2 Å². The molecular weight excluding hydrogens is 269 g/mol. The molecule has 0 aliphatic heterocycles. The average Bonchev–Trinajstić information content (AvgIpc) is 2.45. The minimum absolute atomic E-state index is 0.289. The van der Waals surface area contributed by atoms with Crippen LogP contribution in [0.5, 0.6) is 5.75 Å². The summed E-state index contributed by atoms with van der Waals surface area (Å²) in [5, 5.41) is 2.80. The summed E-state index contributed by atoms with van der Waals surface area (Å²) in [7, 11) is 0. The normalized spacial score (nSPS) is 10.3. The molecule has 0 atom stereocenters. The monoisotopic (exact) mass is 287 g/mol. The van der Waals surface area contributed by atoms with Gasteiger partial charge in [0, 0.05) is 5.56 Å². The largest absolute Gasteiger partial charge is 0.492 e. The molecular formula is C17H18FNO2. The van der Waals surface area contributed by atoms with Crippen molar-refractivity contribution in [1.29, 1.82) is 0 Å². The number of aryl methyl sites for hydroxylation is 2. The maximum Gasteiger partial charge on any atom is 0.255 e. The van der Waals surface area contributed by atoms with Crippen LogP contribution < -0.4 is 10.1 Å². The Morgan fingerprint density at radius 1 is 1.19 bits per heavy atom. The molecule has 2 aromatic rings. The molecule has 0 aliphatic carbocycles. The summed E-state index contributed by atoms with van der Waals surface area (Å²) in [6, 6.07) is 9.85. The van der Waals surface area contributed by atoms with Gasteiger partial charge in [-0.15, -0.1) is 0 Å².